The summed E-state index contributed by atoms with van der Waals surface area (Å²) in [5, 5.41) is 0. The topological polar surface area (TPSA) is 75.4 Å². The van der Waals surface area contributed by atoms with E-state index in [1.165, 1.54) is 0 Å². The fourth-order valence-corrected chi connectivity index (χ4v) is 3.14. The molecule has 0 aliphatic carbocycles. The number of hydrogen-bond donors (Lipinski definition) is 2. The first-order chi connectivity index (χ1) is 9.89. The summed E-state index contributed by atoms with van der Waals surface area (Å²) in [4.78, 5) is 2.81. The Balaban J connectivity index is 2.63. The van der Waals surface area contributed by atoms with Gasteiger partial charge in [-0.25, -0.2) is 13.1 Å². The Morgan fingerprint density at radius 1 is 1.24 bits per heavy atom. The summed E-state index contributed by atoms with van der Waals surface area (Å²) in [5.41, 5.74) is 6.37. The third kappa shape index (κ3) is 6.09. The predicted molar refractivity (Wildman–Crippen MR) is 89.9 cm³/mol. The highest BCUT2D eigenvalue weighted by atomic mass is 32.2. The Morgan fingerprint density at radius 3 is 2.29 bits per heavy atom. The zero-order valence-corrected chi connectivity index (χ0v) is 14.1. The molecule has 1 rings (SSSR count). The lowest BCUT2D eigenvalue weighted by atomic mass is 10.1. The van der Waals surface area contributed by atoms with Crippen LogP contribution in [0.2, 0.25) is 0 Å². The van der Waals surface area contributed by atoms with Gasteiger partial charge >= 0.3 is 0 Å². The highest BCUT2D eigenvalue weighted by Crippen LogP contribution is 2.11. The van der Waals surface area contributed by atoms with Crippen LogP contribution in [0, 0.1) is 0 Å². The van der Waals surface area contributed by atoms with Gasteiger partial charge in [0.05, 0.1) is 9.88 Å². The summed E-state index contributed by atoms with van der Waals surface area (Å²) in [6.07, 6.45) is 0.477. The van der Waals surface area contributed by atoms with Gasteiger partial charge in [0.15, 0.2) is 0 Å². The maximum atomic E-state index is 12.1. The van der Waals surface area contributed by atoms with E-state index in [0.717, 1.165) is 18.7 Å². The fourth-order valence-electron chi connectivity index (χ4n) is 1.95. The van der Waals surface area contributed by atoms with Crippen LogP contribution < -0.4 is 10.5 Å². The molecule has 0 amide bonds. The number of likely N-dealkylation sites (N-methyl/N-ethyl adjacent to an activating group) is 1. The number of benzene rings is 1. The Kier molecular flexibility index (Phi) is 7.24. The van der Waals surface area contributed by atoms with Crippen molar-refractivity contribution in [2.24, 2.45) is 5.73 Å². The molecule has 1 aromatic carbocycles. The van der Waals surface area contributed by atoms with Crippen molar-refractivity contribution in [1.29, 1.82) is 0 Å². The fraction of sp³-hybridized carbons (Fsp3) is 0.500. The van der Waals surface area contributed by atoms with Crippen LogP contribution in [-0.4, -0.2) is 44.5 Å². The Morgan fingerprint density at radius 2 is 1.81 bits per heavy atom. The second-order valence-electron chi connectivity index (χ2n) is 4.71. The molecule has 0 saturated heterocycles. The van der Waals surface area contributed by atoms with Crippen LogP contribution >= 0.6 is 12.2 Å². The Labute approximate surface area is 132 Å². The van der Waals surface area contributed by atoms with Crippen LogP contribution in [0.25, 0.3) is 0 Å². The number of sulfonamides is 1. The molecule has 5 nitrogen and oxygen atoms in total. The molecule has 3 N–H and O–H groups in total. The van der Waals surface area contributed by atoms with E-state index in [4.69, 9.17) is 18.0 Å². The average Bonchev–Trinajstić information content (AvgIpc) is 2.43. The lowest BCUT2D eigenvalue weighted by molar-refractivity contribution is 0.309. The molecule has 0 aromatic heterocycles. The third-order valence-corrected chi connectivity index (χ3v) is 4.85. The molecule has 0 fully saturated rings. The van der Waals surface area contributed by atoms with Crippen LogP contribution in [0.5, 0.6) is 0 Å². The Bertz CT molecular complexity index is 552. The standard InChI is InChI=1S/C14H23N3O2S2/c1-3-17(4-2)10-9-16-21(18,19)13-7-5-12(6-8-13)11-14(15)20/h5-8,16H,3-4,9-11H2,1-2H3,(H2,15,20). The maximum Gasteiger partial charge on any atom is 0.240 e. The summed E-state index contributed by atoms with van der Waals surface area (Å²) in [7, 11) is -3.46. The first kappa shape index (κ1) is 18.0. The van der Waals surface area contributed by atoms with Gasteiger partial charge < -0.3 is 10.6 Å². The monoisotopic (exact) mass is 329 g/mol. The zero-order valence-electron chi connectivity index (χ0n) is 12.5. The zero-order chi connectivity index (χ0) is 15.9. The second kappa shape index (κ2) is 8.43. The minimum absolute atomic E-state index is 0.258. The molecule has 7 heteroatoms. The summed E-state index contributed by atoms with van der Waals surface area (Å²) < 4.78 is 26.9. The minimum atomic E-state index is -3.46. The maximum absolute atomic E-state index is 12.1. The third-order valence-electron chi connectivity index (χ3n) is 3.23. The first-order valence-corrected chi connectivity index (χ1v) is 8.87. The van der Waals surface area contributed by atoms with Crippen molar-refractivity contribution >= 4 is 27.2 Å². The van der Waals surface area contributed by atoms with E-state index in [1.54, 1.807) is 24.3 Å². The largest absolute Gasteiger partial charge is 0.393 e. The number of nitrogens with zero attached hydrogens (tertiary/aromatic N) is 1. The molecule has 0 radical (unpaired) electrons. The molecule has 1 aromatic rings. The van der Waals surface area contributed by atoms with Crippen molar-refractivity contribution in [3.05, 3.63) is 29.8 Å². The number of thiocarbonyl (C=S) groups is 1. The minimum Gasteiger partial charge on any atom is -0.393 e. The Hall–Kier alpha value is -1.02. The molecule has 0 aliphatic rings. The van der Waals surface area contributed by atoms with Gasteiger partial charge in [-0.3, -0.25) is 0 Å². The van der Waals surface area contributed by atoms with E-state index >= 15 is 0 Å². The van der Waals surface area contributed by atoms with Gasteiger partial charge in [-0.15, -0.1) is 0 Å². The number of hydrogen-bond acceptors (Lipinski definition) is 4. The van der Waals surface area contributed by atoms with Crippen molar-refractivity contribution in [2.75, 3.05) is 26.2 Å². The van der Waals surface area contributed by atoms with Crippen LogP contribution in [-0.2, 0) is 16.4 Å². The van der Waals surface area contributed by atoms with E-state index in [0.29, 0.717) is 24.5 Å². The summed E-state index contributed by atoms with van der Waals surface area (Å²) in [6, 6.07) is 6.62. The summed E-state index contributed by atoms with van der Waals surface area (Å²) in [5.74, 6) is 0. The molecular formula is C14H23N3O2S2. The predicted octanol–water partition coefficient (Wildman–Crippen LogP) is 1.14. The van der Waals surface area contributed by atoms with Crippen LogP contribution in [0.4, 0.5) is 0 Å². The smallest absolute Gasteiger partial charge is 0.240 e. The SMILES string of the molecule is CCN(CC)CCNS(=O)(=O)c1ccc(CC(N)=S)cc1. The molecular weight excluding hydrogens is 306 g/mol. The van der Waals surface area contributed by atoms with E-state index in [1.807, 2.05) is 0 Å². The van der Waals surface area contributed by atoms with Gasteiger partial charge in [0.1, 0.15) is 0 Å². The molecule has 118 valence electrons. The average molecular weight is 329 g/mol. The molecule has 0 atom stereocenters. The van der Waals surface area contributed by atoms with Crippen LogP contribution in [0.1, 0.15) is 19.4 Å². The van der Waals surface area contributed by atoms with Crippen molar-refractivity contribution < 1.29 is 8.42 Å². The quantitative estimate of drug-likeness (QED) is 0.665. The lowest BCUT2D eigenvalue weighted by Crippen LogP contribution is -2.34. The molecule has 0 heterocycles. The van der Waals surface area contributed by atoms with Crippen molar-refractivity contribution in [3.8, 4) is 0 Å². The molecule has 0 spiro atoms. The van der Waals surface area contributed by atoms with Gasteiger partial charge in [-0.2, -0.15) is 0 Å². The second-order valence-corrected chi connectivity index (χ2v) is 7.00. The number of rotatable bonds is 9. The van der Waals surface area contributed by atoms with Gasteiger partial charge in [-0.05, 0) is 30.8 Å². The van der Waals surface area contributed by atoms with Crippen molar-refractivity contribution in [3.63, 3.8) is 0 Å². The van der Waals surface area contributed by atoms with Gasteiger partial charge in [0.2, 0.25) is 10.0 Å². The lowest BCUT2D eigenvalue weighted by Gasteiger charge is -2.18. The highest BCUT2D eigenvalue weighted by Gasteiger charge is 2.13. The molecule has 21 heavy (non-hydrogen) atoms. The van der Waals surface area contributed by atoms with E-state index in [2.05, 4.69) is 23.5 Å². The number of nitrogens with one attached hydrogen (secondary N) is 1. The van der Waals surface area contributed by atoms with E-state index in [9.17, 15) is 8.42 Å². The molecule has 0 aliphatic heterocycles. The summed E-state index contributed by atoms with van der Waals surface area (Å²) >= 11 is 4.83. The normalized spacial score (nSPS) is 11.8. The van der Waals surface area contributed by atoms with E-state index in [-0.39, 0.29) is 4.90 Å². The van der Waals surface area contributed by atoms with Crippen molar-refractivity contribution in [2.45, 2.75) is 25.2 Å². The van der Waals surface area contributed by atoms with E-state index < -0.39 is 10.0 Å². The molecule has 0 saturated carbocycles. The summed E-state index contributed by atoms with van der Waals surface area (Å²) in [6.45, 7) is 7.03. The van der Waals surface area contributed by atoms with Gasteiger partial charge in [0, 0.05) is 19.5 Å². The highest BCUT2D eigenvalue weighted by molar-refractivity contribution is 7.89. The van der Waals surface area contributed by atoms with Crippen LogP contribution in [0.15, 0.2) is 29.2 Å². The van der Waals surface area contributed by atoms with Crippen molar-refractivity contribution in [1.82, 2.24) is 9.62 Å². The van der Waals surface area contributed by atoms with Gasteiger partial charge in [-0.1, -0.05) is 38.2 Å². The molecule has 0 bridgehead atoms. The molecule has 0 unspecified atom stereocenters. The van der Waals surface area contributed by atoms with Gasteiger partial charge in [0.25, 0.3) is 0 Å². The van der Waals surface area contributed by atoms with Crippen LogP contribution in [0.3, 0.4) is 0 Å². The number of nitrogens with two attached hydrogens (primary N) is 1. The first-order valence-electron chi connectivity index (χ1n) is 6.98.